The number of rotatable bonds is 5. The smallest absolute Gasteiger partial charge is 0.411 e. The molecule has 2 heterocycles. The number of imidazole rings is 1. The molecule has 3 amide bonds. The van der Waals surface area contributed by atoms with Gasteiger partial charge in [-0.3, -0.25) is 14.6 Å². The molecule has 0 unspecified atom stereocenters. The molecular formula is C19H21FN6O4. The molecule has 0 aliphatic carbocycles. The molecule has 10 nitrogen and oxygen atoms in total. The third kappa shape index (κ3) is 4.81. The van der Waals surface area contributed by atoms with Gasteiger partial charge >= 0.3 is 12.1 Å². The van der Waals surface area contributed by atoms with Gasteiger partial charge in [0, 0.05) is 30.7 Å². The zero-order chi connectivity index (χ0) is 21.8. The van der Waals surface area contributed by atoms with Gasteiger partial charge in [0.2, 0.25) is 5.78 Å². The fourth-order valence-corrected chi connectivity index (χ4v) is 2.52. The topological polar surface area (TPSA) is 110 Å². The Balaban J connectivity index is 1.86. The number of anilines is 2. The summed E-state index contributed by atoms with van der Waals surface area (Å²) < 4.78 is 21.0. The summed E-state index contributed by atoms with van der Waals surface area (Å²) in [6, 6.07) is 3.59. The SMILES string of the molecule is CON(C)C(=O)Nc1ccc(F)c(-c2cn3cc(NC(=O)OC(C)C)cnc3n2)c1. The van der Waals surface area contributed by atoms with Crippen LogP contribution in [0.4, 0.5) is 25.4 Å². The van der Waals surface area contributed by atoms with Crippen LogP contribution in [0.25, 0.3) is 17.0 Å². The number of halogens is 1. The lowest BCUT2D eigenvalue weighted by atomic mass is 10.1. The fourth-order valence-electron chi connectivity index (χ4n) is 2.52. The summed E-state index contributed by atoms with van der Waals surface area (Å²) in [4.78, 5) is 36.9. The number of urea groups is 1. The molecule has 0 bridgehead atoms. The Labute approximate surface area is 171 Å². The Morgan fingerprint density at radius 2 is 1.97 bits per heavy atom. The quantitative estimate of drug-likeness (QED) is 0.616. The van der Waals surface area contributed by atoms with Gasteiger partial charge in [-0.1, -0.05) is 0 Å². The highest BCUT2D eigenvalue weighted by atomic mass is 19.1. The van der Waals surface area contributed by atoms with Crippen molar-refractivity contribution >= 4 is 29.3 Å². The highest BCUT2D eigenvalue weighted by Gasteiger charge is 2.14. The summed E-state index contributed by atoms with van der Waals surface area (Å²) in [5, 5.41) is 6.15. The first kappa shape index (κ1) is 21.0. The predicted molar refractivity (Wildman–Crippen MR) is 107 cm³/mol. The molecule has 3 rings (SSSR count). The standard InChI is InChI=1S/C19H21FN6O4/c1-11(2)30-19(28)23-13-8-21-17-24-16(10-26(17)9-13)14-7-12(5-6-15(14)20)22-18(27)25(3)29-4/h5-11H,1-4H3,(H,22,27)(H,23,28). The lowest BCUT2D eigenvalue weighted by Gasteiger charge is -2.15. The third-order valence-corrected chi connectivity index (χ3v) is 3.95. The highest BCUT2D eigenvalue weighted by molar-refractivity contribution is 5.89. The second kappa shape index (κ2) is 8.74. The van der Waals surface area contributed by atoms with Gasteiger partial charge in [0.1, 0.15) is 5.82 Å². The Bertz CT molecular complexity index is 1080. The fraction of sp³-hybridized carbons (Fsp3) is 0.263. The second-order valence-corrected chi connectivity index (χ2v) is 6.56. The maximum Gasteiger partial charge on any atom is 0.411 e. The summed E-state index contributed by atoms with van der Waals surface area (Å²) in [5.41, 5.74) is 1.23. The van der Waals surface area contributed by atoms with Gasteiger partial charge in [0.25, 0.3) is 0 Å². The van der Waals surface area contributed by atoms with Crippen LogP contribution in [0.3, 0.4) is 0 Å². The molecule has 158 valence electrons. The van der Waals surface area contributed by atoms with E-state index in [9.17, 15) is 14.0 Å². The third-order valence-electron chi connectivity index (χ3n) is 3.95. The van der Waals surface area contributed by atoms with E-state index < -0.39 is 17.9 Å². The minimum Gasteiger partial charge on any atom is -0.447 e. The van der Waals surface area contributed by atoms with Crippen LogP contribution in [0.2, 0.25) is 0 Å². The Hall–Kier alpha value is -3.73. The van der Waals surface area contributed by atoms with Crippen molar-refractivity contribution in [3.05, 3.63) is 42.6 Å². The molecule has 0 saturated heterocycles. The van der Waals surface area contributed by atoms with Gasteiger partial charge in [0.05, 0.1) is 30.8 Å². The van der Waals surface area contributed by atoms with E-state index in [1.807, 2.05) is 0 Å². The largest absolute Gasteiger partial charge is 0.447 e. The van der Waals surface area contributed by atoms with Crippen LogP contribution in [0, 0.1) is 5.82 Å². The molecule has 0 atom stereocenters. The van der Waals surface area contributed by atoms with Crippen molar-refractivity contribution in [3.63, 3.8) is 0 Å². The van der Waals surface area contributed by atoms with Gasteiger partial charge in [-0.05, 0) is 32.0 Å². The lowest BCUT2D eigenvalue weighted by Crippen LogP contribution is -2.30. The zero-order valence-corrected chi connectivity index (χ0v) is 16.8. The lowest BCUT2D eigenvalue weighted by molar-refractivity contribution is -0.0598. The average Bonchev–Trinajstić information content (AvgIpc) is 3.11. The van der Waals surface area contributed by atoms with E-state index in [1.165, 1.54) is 38.6 Å². The summed E-state index contributed by atoms with van der Waals surface area (Å²) in [6.07, 6.45) is 3.69. The molecule has 3 aromatic rings. The van der Waals surface area contributed by atoms with E-state index in [-0.39, 0.29) is 11.7 Å². The second-order valence-electron chi connectivity index (χ2n) is 6.56. The monoisotopic (exact) mass is 416 g/mol. The number of benzene rings is 1. The highest BCUT2D eigenvalue weighted by Crippen LogP contribution is 2.26. The van der Waals surface area contributed by atoms with Crippen LogP contribution in [-0.2, 0) is 9.57 Å². The van der Waals surface area contributed by atoms with Crippen molar-refractivity contribution in [1.82, 2.24) is 19.4 Å². The van der Waals surface area contributed by atoms with Gasteiger partial charge < -0.3 is 10.1 Å². The first-order valence-electron chi connectivity index (χ1n) is 8.98. The number of hydroxylamine groups is 2. The number of hydrogen-bond donors (Lipinski definition) is 2. The first-order chi connectivity index (χ1) is 14.3. The van der Waals surface area contributed by atoms with E-state index in [0.29, 0.717) is 22.8 Å². The van der Waals surface area contributed by atoms with E-state index >= 15 is 0 Å². The molecule has 0 aliphatic rings. The number of hydrogen-bond acceptors (Lipinski definition) is 6. The van der Waals surface area contributed by atoms with Crippen molar-refractivity contribution < 1.29 is 23.6 Å². The van der Waals surface area contributed by atoms with Gasteiger partial charge in [-0.2, -0.15) is 0 Å². The first-order valence-corrected chi connectivity index (χ1v) is 8.98. The molecule has 0 radical (unpaired) electrons. The number of nitrogens with one attached hydrogen (secondary N) is 2. The number of nitrogens with zero attached hydrogens (tertiary/aromatic N) is 4. The maximum absolute atomic E-state index is 14.4. The number of carbonyl (C=O) groups is 2. The number of carbonyl (C=O) groups excluding carboxylic acids is 2. The van der Waals surface area contributed by atoms with Gasteiger partial charge in [-0.15, -0.1) is 0 Å². The Kier molecular flexibility index (Phi) is 6.11. The summed E-state index contributed by atoms with van der Waals surface area (Å²) >= 11 is 0. The molecule has 2 aromatic heterocycles. The van der Waals surface area contributed by atoms with Crippen molar-refractivity contribution in [1.29, 1.82) is 0 Å². The van der Waals surface area contributed by atoms with Crippen LogP contribution in [-0.4, -0.2) is 51.8 Å². The minimum absolute atomic E-state index is 0.173. The van der Waals surface area contributed by atoms with Crippen molar-refractivity contribution in [2.75, 3.05) is 24.8 Å². The van der Waals surface area contributed by atoms with Crippen LogP contribution >= 0.6 is 0 Å². The summed E-state index contributed by atoms with van der Waals surface area (Å²) in [6.45, 7) is 3.48. The summed E-state index contributed by atoms with van der Waals surface area (Å²) in [5.74, 6) is -0.212. The number of ether oxygens (including phenoxy) is 1. The summed E-state index contributed by atoms with van der Waals surface area (Å²) in [7, 11) is 2.79. The van der Waals surface area contributed by atoms with E-state index in [4.69, 9.17) is 9.57 Å². The minimum atomic E-state index is -0.609. The van der Waals surface area contributed by atoms with Crippen LogP contribution in [0.1, 0.15) is 13.8 Å². The number of amides is 3. The zero-order valence-electron chi connectivity index (χ0n) is 16.8. The van der Waals surface area contributed by atoms with E-state index in [1.54, 1.807) is 30.6 Å². The molecule has 0 aliphatic heterocycles. The van der Waals surface area contributed by atoms with Gasteiger partial charge in [-0.25, -0.2) is 29.0 Å². The van der Waals surface area contributed by atoms with Crippen molar-refractivity contribution in [3.8, 4) is 11.3 Å². The predicted octanol–water partition coefficient (Wildman–Crippen LogP) is 3.52. The maximum atomic E-state index is 14.4. The molecular weight excluding hydrogens is 395 g/mol. The molecule has 0 spiro atoms. The van der Waals surface area contributed by atoms with Crippen LogP contribution in [0.5, 0.6) is 0 Å². The Morgan fingerprint density at radius 3 is 2.67 bits per heavy atom. The number of fused-ring (bicyclic) bond motifs is 1. The molecule has 0 fully saturated rings. The molecule has 30 heavy (non-hydrogen) atoms. The van der Waals surface area contributed by atoms with Crippen molar-refractivity contribution in [2.24, 2.45) is 0 Å². The van der Waals surface area contributed by atoms with Crippen LogP contribution < -0.4 is 10.6 Å². The van der Waals surface area contributed by atoms with E-state index in [2.05, 4.69) is 20.6 Å². The van der Waals surface area contributed by atoms with Crippen molar-refractivity contribution in [2.45, 2.75) is 20.0 Å². The van der Waals surface area contributed by atoms with Crippen LogP contribution in [0.15, 0.2) is 36.8 Å². The molecule has 0 saturated carbocycles. The van der Waals surface area contributed by atoms with Gasteiger partial charge in [0.15, 0.2) is 0 Å². The van der Waals surface area contributed by atoms with E-state index in [0.717, 1.165) is 5.06 Å². The normalized spacial score (nSPS) is 10.9. The Morgan fingerprint density at radius 1 is 1.20 bits per heavy atom. The average molecular weight is 416 g/mol. The molecule has 1 aromatic carbocycles. The number of aromatic nitrogens is 3. The molecule has 11 heteroatoms. The molecule has 2 N–H and O–H groups in total.